The minimum Gasteiger partial charge on any atom is -0.345 e. The molecule has 0 aliphatic carbocycles. The molecular formula is C14H19F2N3O2. The Hall–Kier alpha value is -1.92. The van der Waals surface area contributed by atoms with Crippen LogP contribution >= 0.6 is 0 Å². The number of rotatable bonds is 4. The van der Waals surface area contributed by atoms with Gasteiger partial charge in [-0.1, -0.05) is 0 Å². The molecular weight excluding hydrogens is 280 g/mol. The van der Waals surface area contributed by atoms with Gasteiger partial charge in [-0.15, -0.1) is 0 Å². The Morgan fingerprint density at radius 3 is 2.67 bits per heavy atom. The summed E-state index contributed by atoms with van der Waals surface area (Å²) in [6, 6.07) is 2.91. The Bertz CT molecular complexity index is 556. The molecule has 1 unspecified atom stereocenters. The molecule has 0 spiro atoms. The second-order valence-electron chi connectivity index (χ2n) is 5.54. The van der Waals surface area contributed by atoms with E-state index in [9.17, 15) is 18.4 Å². The predicted octanol–water partition coefficient (Wildman–Crippen LogP) is 1.74. The molecule has 2 heterocycles. The van der Waals surface area contributed by atoms with Crippen molar-refractivity contribution in [3.8, 4) is 0 Å². The van der Waals surface area contributed by atoms with Crippen LogP contribution in [0, 0.1) is 12.8 Å². The third-order valence-corrected chi connectivity index (χ3v) is 3.84. The van der Waals surface area contributed by atoms with Crippen LogP contribution in [-0.4, -0.2) is 53.4 Å². The zero-order chi connectivity index (χ0) is 15.7. The van der Waals surface area contributed by atoms with Crippen molar-refractivity contribution in [3.63, 3.8) is 0 Å². The van der Waals surface area contributed by atoms with Crippen LogP contribution in [0.25, 0.3) is 0 Å². The Morgan fingerprint density at radius 1 is 1.48 bits per heavy atom. The molecule has 116 valence electrons. The van der Waals surface area contributed by atoms with Gasteiger partial charge in [0.2, 0.25) is 5.91 Å². The second kappa shape index (κ2) is 5.83. The maximum Gasteiger partial charge on any atom is 0.319 e. The summed E-state index contributed by atoms with van der Waals surface area (Å²) >= 11 is 0. The maximum absolute atomic E-state index is 13.0. The third kappa shape index (κ3) is 3.06. The molecule has 2 rings (SSSR count). The van der Waals surface area contributed by atoms with Gasteiger partial charge in [0.25, 0.3) is 5.91 Å². The van der Waals surface area contributed by atoms with Gasteiger partial charge >= 0.3 is 6.55 Å². The lowest BCUT2D eigenvalue weighted by Crippen LogP contribution is -2.34. The molecule has 21 heavy (non-hydrogen) atoms. The van der Waals surface area contributed by atoms with Crippen LogP contribution in [0.2, 0.25) is 0 Å². The van der Waals surface area contributed by atoms with Crippen molar-refractivity contribution in [2.75, 3.05) is 27.2 Å². The van der Waals surface area contributed by atoms with E-state index in [-0.39, 0.29) is 17.5 Å². The first kappa shape index (κ1) is 15.5. The van der Waals surface area contributed by atoms with Crippen molar-refractivity contribution in [3.05, 3.63) is 23.5 Å². The average molecular weight is 299 g/mol. The van der Waals surface area contributed by atoms with Crippen LogP contribution < -0.4 is 0 Å². The van der Waals surface area contributed by atoms with Gasteiger partial charge in [-0.05, 0) is 19.1 Å². The number of hydrogen-bond donors (Lipinski definition) is 0. The lowest BCUT2D eigenvalue weighted by Gasteiger charge is -2.21. The molecule has 0 saturated carbocycles. The summed E-state index contributed by atoms with van der Waals surface area (Å²) in [5, 5.41) is 0. The highest BCUT2D eigenvalue weighted by molar-refractivity contribution is 5.93. The topological polar surface area (TPSA) is 45.6 Å². The molecule has 5 nitrogen and oxygen atoms in total. The fourth-order valence-corrected chi connectivity index (χ4v) is 2.73. The van der Waals surface area contributed by atoms with Gasteiger partial charge in [0.05, 0.1) is 0 Å². The summed E-state index contributed by atoms with van der Waals surface area (Å²) in [5.41, 5.74) is 0.320. The van der Waals surface area contributed by atoms with Crippen LogP contribution in [-0.2, 0) is 4.79 Å². The van der Waals surface area contributed by atoms with E-state index in [0.717, 1.165) is 4.57 Å². The first-order valence-corrected chi connectivity index (χ1v) is 6.76. The molecule has 1 saturated heterocycles. The minimum atomic E-state index is -2.74. The maximum atomic E-state index is 13.0. The molecule has 1 aromatic rings. The van der Waals surface area contributed by atoms with Crippen LogP contribution in [0.4, 0.5) is 8.78 Å². The van der Waals surface area contributed by atoms with E-state index in [1.807, 2.05) is 0 Å². The summed E-state index contributed by atoms with van der Waals surface area (Å²) < 4.78 is 26.7. The summed E-state index contributed by atoms with van der Waals surface area (Å²) in [7, 11) is 3.29. The number of hydrogen-bond acceptors (Lipinski definition) is 2. The Kier molecular flexibility index (Phi) is 4.29. The number of carbonyl (C=O) groups excluding carboxylic acids is 2. The molecule has 0 N–H and O–H groups in total. The third-order valence-electron chi connectivity index (χ3n) is 3.84. The quantitative estimate of drug-likeness (QED) is 0.850. The fraction of sp³-hybridized carbons (Fsp3) is 0.571. The normalized spacial score (nSPS) is 18.7. The number of amides is 2. The summed E-state index contributed by atoms with van der Waals surface area (Å²) in [6.07, 6.45) is 0.392. The van der Waals surface area contributed by atoms with E-state index in [2.05, 4.69) is 0 Å². The Morgan fingerprint density at radius 2 is 2.14 bits per heavy atom. The van der Waals surface area contributed by atoms with Gasteiger partial charge in [-0.25, -0.2) is 0 Å². The molecule has 1 aromatic heterocycles. The first-order valence-electron chi connectivity index (χ1n) is 6.76. The van der Waals surface area contributed by atoms with Crippen molar-refractivity contribution < 1.29 is 18.4 Å². The van der Waals surface area contributed by atoms with E-state index < -0.39 is 12.5 Å². The number of aryl methyl sites for hydroxylation is 1. The van der Waals surface area contributed by atoms with Gasteiger partial charge in [0, 0.05) is 45.2 Å². The van der Waals surface area contributed by atoms with Gasteiger partial charge in [0.15, 0.2) is 0 Å². The number of halogens is 2. The summed E-state index contributed by atoms with van der Waals surface area (Å²) in [4.78, 5) is 26.8. The highest BCUT2D eigenvalue weighted by Crippen LogP contribution is 2.21. The SMILES string of the molecule is Cc1ccc(C(=O)N(C)CC2CC(=O)N(C)C2)n1C(F)F. The summed E-state index contributed by atoms with van der Waals surface area (Å²) in [5.74, 6) is -0.356. The van der Waals surface area contributed by atoms with Gasteiger partial charge in [-0.3, -0.25) is 14.2 Å². The van der Waals surface area contributed by atoms with Gasteiger partial charge < -0.3 is 9.80 Å². The van der Waals surface area contributed by atoms with E-state index in [1.165, 1.54) is 24.0 Å². The number of aromatic nitrogens is 1. The van der Waals surface area contributed by atoms with Crippen molar-refractivity contribution in [2.24, 2.45) is 5.92 Å². The molecule has 1 aliphatic heterocycles. The zero-order valence-corrected chi connectivity index (χ0v) is 12.3. The van der Waals surface area contributed by atoms with Crippen LogP contribution in [0.5, 0.6) is 0 Å². The number of likely N-dealkylation sites (tertiary alicyclic amines) is 1. The molecule has 1 aliphatic rings. The molecule has 0 aromatic carbocycles. The molecule has 7 heteroatoms. The highest BCUT2D eigenvalue weighted by atomic mass is 19.3. The average Bonchev–Trinajstić information content (AvgIpc) is 2.92. The molecule has 2 amide bonds. The smallest absolute Gasteiger partial charge is 0.319 e. The lowest BCUT2D eigenvalue weighted by atomic mass is 10.1. The fourth-order valence-electron chi connectivity index (χ4n) is 2.73. The number of carbonyl (C=O) groups is 2. The zero-order valence-electron chi connectivity index (χ0n) is 12.3. The standard InChI is InChI=1S/C14H19F2N3O2/c1-9-4-5-11(19(9)14(15)16)13(21)18(3)8-10-6-12(20)17(2)7-10/h4-5,10,14H,6-8H2,1-3H3. The van der Waals surface area contributed by atoms with E-state index in [4.69, 9.17) is 0 Å². The predicted molar refractivity (Wildman–Crippen MR) is 73.1 cm³/mol. The molecule has 1 fully saturated rings. The number of alkyl halides is 2. The van der Waals surface area contributed by atoms with Crippen molar-refractivity contribution in [1.82, 2.24) is 14.4 Å². The van der Waals surface area contributed by atoms with E-state index >= 15 is 0 Å². The monoisotopic (exact) mass is 299 g/mol. The van der Waals surface area contributed by atoms with E-state index in [1.54, 1.807) is 19.0 Å². The molecule has 0 radical (unpaired) electrons. The lowest BCUT2D eigenvalue weighted by molar-refractivity contribution is -0.126. The van der Waals surface area contributed by atoms with Gasteiger partial charge in [0.1, 0.15) is 5.69 Å². The first-order chi connectivity index (χ1) is 9.81. The van der Waals surface area contributed by atoms with Crippen molar-refractivity contribution >= 4 is 11.8 Å². The van der Waals surface area contributed by atoms with Crippen molar-refractivity contribution in [2.45, 2.75) is 19.9 Å². The van der Waals surface area contributed by atoms with Crippen LogP contribution in [0.1, 0.15) is 29.2 Å². The molecule has 1 atom stereocenters. The summed E-state index contributed by atoms with van der Waals surface area (Å²) in [6.45, 7) is -0.243. The largest absolute Gasteiger partial charge is 0.345 e. The van der Waals surface area contributed by atoms with Crippen LogP contribution in [0.15, 0.2) is 12.1 Å². The Labute approximate surface area is 122 Å². The van der Waals surface area contributed by atoms with Gasteiger partial charge in [-0.2, -0.15) is 8.78 Å². The van der Waals surface area contributed by atoms with Crippen molar-refractivity contribution in [1.29, 1.82) is 0 Å². The molecule has 0 bridgehead atoms. The second-order valence-corrected chi connectivity index (χ2v) is 5.54. The van der Waals surface area contributed by atoms with E-state index in [0.29, 0.717) is 25.2 Å². The number of nitrogens with zero attached hydrogens (tertiary/aromatic N) is 3. The minimum absolute atomic E-state index is 0.0253. The highest BCUT2D eigenvalue weighted by Gasteiger charge is 2.30. The van der Waals surface area contributed by atoms with Crippen LogP contribution in [0.3, 0.4) is 0 Å². The Balaban J connectivity index is 2.08.